The second-order valence-corrected chi connectivity index (χ2v) is 18.8. The van der Waals surface area contributed by atoms with Crippen molar-refractivity contribution >= 4 is 41.4 Å². The van der Waals surface area contributed by atoms with Gasteiger partial charge >= 0.3 is 17.9 Å². The predicted octanol–water partition coefficient (Wildman–Crippen LogP) is 4.85. The van der Waals surface area contributed by atoms with E-state index in [2.05, 4.69) is 44.1 Å². The Labute approximate surface area is 456 Å². The zero-order valence-corrected chi connectivity index (χ0v) is 47.9. The van der Waals surface area contributed by atoms with Crippen molar-refractivity contribution in [1.29, 1.82) is 4.29 Å². The highest BCUT2D eigenvalue weighted by Gasteiger charge is 2.36. The van der Waals surface area contributed by atoms with E-state index < -0.39 is 30.1 Å². The molecule has 0 unspecified atom stereocenters. The molecule has 5 N–H and O–H groups in total. The van der Waals surface area contributed by atoms with E-state index in [1.165, 1.54) is 21.3 Å². The van der Waals surface area contributed by atoms with E-state index in [1.54, 1.807) is 21.6 Å². The van der Waals surface area contributed by atoms with Crippen molar-refractivity contribution in [2.24, 2.45) is 0 Å². The number of rotatable bonds is 27. The number of aliphatic hydroxyl groups is 4. The lowest BCUT2D eigenvalue weighted by atomic mass is 10.1. The number of amides is 3. The van der Waals surface area contributed by atoms with Crippen LogP contribution < -0.4 is 0 Å². The number of aliphatic carboxylic acids is 1. The fourth-order valence-corrected chi connectivity index (χ4v) is 7.92. The van der Waals surface area contributed by atoms with Gasteiger partial charge in [-0.1, -0.05) is 40.0 Å². The minimum atomic E-state index is -1.04. The van der Waals surface area contributed by atoms with E-state index in [4.69, 9.17) is 23.0 Å². The van der Waals surface area contributed by atoms with Gasteiger partial charge in [0.25, 0.3) is 0 Å². The second-order valence-electron chi connectivity index (χ2n) is 18.8. The third-order valence-electron chi connectivity index (χ3n) is 11.7. The van der Waals surface area contributed by atoms with E-state index in [0.29, 0.717) is 64.6 Å². The van der Waals surface area contributed by atoms with Gasteiger partial charge in [0.05, 0.1) is 38.5 Å². The number of carboxylic acid groups (broad SMARTS) is 1. The van der Waals surface area contributed by atoms with Crippen LogP contribution >= 0.6 is 0 Å². The van der Waals surface area contributed by atoms with Crippen LogP contribution in [0.3, 0.4) is 0 Å². The quantitative estimate of drug-likeness (QED) is 0.0544. The lowest BCUT2D eigenvalue weighted by molar-refractivity contribution is -0.152. The number of hydrogen-bond donors (Lipinski definition) is 5. The summed E-state index contributed by atoms with van der Waals surface area (Å²) in [4.78, 5) is 93.5. The molecule has 3 heterocycles. The van der Waals surface area contributed by atoms with E-state index in [-0.39, 0.29) is 94.1 Å². The molecular weight excluding hydrogens is 957 g/mol. The molecule has 0 aromatic heterocycles. The number of aliphatic hydroxyl groups excluding tert-OH is 4. The Kier molecular flexibility index (Phi) is 42.6. The van der Waals surface area contributed by atoms with Gasteiger partial charge in [0.1, 0.15) is 18.0 Å². The minimum absolute atomic E-state index is 0.00573. The zero-order chi connectivity index (χ0) is 62.0. The monoisotopic (exact) mass is 1070 g/mol. The van der Waals surface area contributed by atoms with Crippen molar-refractivity contribution in [2.45, 2.75) is 206 Å². The minimum Gasteiger partial charge on any atom is -0.481 e. The molecule has 0 saturated carbocycles. The SMILES string of the molecule is CC.[2H]C[C@@H]1C[C@@H](O)CN1C(=O)CCCCCN(C)C.[2H]C[C@@H]1C[C@@H](OC(=O)CCC(=O)CC)CN1C(=O)CCCCCN(C)C.[2H]C[C@@H]1C[C@@H](OC(=O)CCC(=O)O)CN1C(=O)CCCCCN(C)C.[3H]OC.[3H]OC.[3H]OC. The lowest BCUT2D eigenvalue weighted by Gasteiger charge is -2.21. The maximum absolute atomic E-state index is 12.4. The lowest BCUT2D eigenvalue weighted by Crippen LogP contribution is -2.34. The van der Waals surface area contributed by atoms with Crippen molar-refractivity contribution in [3.05, 3.63) is 0 Å². The van der Waals surface area contributed by atoms with Gasteiger partial charge < -0.3 is 64.4 Å². The molecule has 0 spiro atoms. The molecular formula is C54H108N6O14. The number of Topliss-reactive ketones (excluding diaryl/α,β-unsaturated/α-hetero) is 1. The van der Waals surface area contributed by atoms with Crippen molar-refractivity contribution in [3.63, 3.8) is 0 Å². The summed E-state index contributed by atoms with van der Waals surface area (Å²) < 4.78 is 50.5. The summed E-state index contributed by atoms with van der Waals surface area (Å²) in [6.07, 6.45) is 10.9. The van der Waals surface area contributed by atoms with Crippen LogP contribution in [0.4, 0.5) is 0 Å². The number of unbranched alkanes of at least 4 members (excludes halogenated alkanes) is 6. The first-order valence-electron chi connectivity index (χ1n) is 29.8. The number of carboxylic acids is 1. The Morgan fingerprint density at radius 1 is 0.527 bits per heavy atom. The van der Waals surface area contributed by atoms with Crippen LogP contribution in [0.15, 0.2) is 0 Å². The summed E-state index contributed by atoms with van der Waals surface area (Å²) in [5.74, 6) is -1.79. The Morgan fingerprint density at radius 2 is 0.851 bits per heavy atom. The number of carbonyl (C=O) groups is 7. The molecule has 0 bridgehead atoms. The molecule has 74 heavy (non-hydrogen) atoms. The summed E-state index contributed by atoms with van der Waals surface area (Å²) in [5, 5.41) is 28.6. The van der Waals surface area contributed by atoms with Crippen molar-refractivity contribution in [2.75, 3.05) is 103 Å². The van der Waals surface area contributed by atoms with E-state index in [9.17, 15) is 38.7 Å². The highest BCUT2D eigenvalue weighted by atomic mass is 16.5. The first kappa shape index (κ1) is 64.5. The topological polar surface area (TPSA) is 259 Å². The number of esters is 2. The van der Waals surface area contributed by atoms with Crippen LogP contribution in [0.1, 0.15) is 174 Å². The highest BCUT2D eigenvalue weighted by molar-refractivity contribution is 5.83. The maximum Gasteiger partial charge on any atom is 0.306 e. The molecule has 3 fully saturated rings. The first-order valence-corrected chi connectivity index (χ1v) is 26.5. The maximum atomic E-state index is 12.4. The highest BCUT2D eigenvalue weighted by Crippen LogP contribution is 2.24. The first-order chi connectivity index (χ1) is 38.0. The fraction of sp³-hybridized carbons (Fsp3) is 0.870. The number of likely N-dealkylation sites (tertiary alicyclic amines) is 3. The van der Waals surface area contributed by atoms with Crippen LogP contribution in [-0.4, -0.2) is 240 Å². The van der Waals surface area contributed by atoms with E-state index in [0.717, 1.165) is 77.4 Å². The molecule has 20 heteroatoms. The van der Waals surface area contributed by atoms with Crippen molar-refractivity contribution in [1.82, 2.24) is 29.4 Å². The summed E-state index contributed by atoms with van der Waals surface area (Å²) in [6, 6.07) is -0.486. The molecule has 438 valence electrons. The number of β-amino-alcohol motifs (C(OH)–C–C–N with tert-alkyl or cyclic N) is 1. The molecule has 0 aliphatic carbocycles. The van der Waals surface area contributed by atoms with E-state index >= 15 is 0 Å². The Bertz CT molecular complexity index is 1600. The van der Waals surface area contributed by atoms with Crippen LogP contribution in [0.25, 0.3) is 0 Å². The molecule has 3 rings (SSSR count). The van der Waals surface area contributed by atoms with Crippen LogP contribution in [0.5, 0.6) is 0 Å². The number of hydrogen-bond acceptors (Lipinski definition) is 16. The molecule has 3 aliphatic heterocycles. The van der Waals surface area contributed by atoms with E-state index in [1.807, 2.05) is 42.0 Å². The molecule has 0 radical (unpaired) electrons. The number of ketones is 1. The van der Waals surface area contributed by atoms with Gasteiger partial charge in [-0.05, 0) is 128 Å². The fourth-order valence-electron chi connectivity index (χ4n) is 7.92. The molecule has 0 aromatic carbocycles. The number of carbonyl (C=O) groups excluding carboxylic acids is 6. The number of nitrogens with zero attached hydrogens (tertiary/aromatic N) is 6. The third kappa shape index (κ3) is 39.6. The molecule has 20 nitrogen and oxygen atoms in total. The van der Waals surface area contributed by atoms with Gasteiger partial charge in [0.15, 0.2) is 0 Å². The Hall–Kier alpha value is -3.79. The summed E-state index contributed by atoms with van der Waals surface area (Å²) >= 11 is 0. The summed E-state index contributed by atoms with van der Waals surface area (Å²) in [5.41, 5.74) is 0. The average molecular weight is 1070 g/mol. The van der Waals surface area contributed by atoms with Crippen LogP contribution in [0, 0.1) is 0 Å². The molecule has 3 aliphatic rings. The standard InChI is InChI=1S/C19H34N2O4.C17H30N2O5.C13H26N2O2.C2H6.3CH4O/c1-5-16(22)10-11-19(24)25-17-13-15(2)21(14-17)18(23)9-7-6-8-12-20(3)4;1-13-11-14(24-17(23)9-8-16(21)22)12-19(13)15(20)7-5-4-6-10-18(2)3;1-11-9-12(16)10-15(11)13(17)7-5-4-6-8-14(2)3;4*1-2/h15,17H,5-14H2,1-4H3;13-14H,4-12H2,1-3H3,(H,21,22);11-12,16H,4-10H2,1-3H3;1-2H3;3*2H,1H3/t15-,17-;13-,14-;11-,12-;;;;/m111..../s1/i2D;2*1D;;3*2T. The van der Waals surface area contributed by atoms with Gasteiger partial charge in [-0.3, -0.25) is 33.6 Å². The third-order valence-corrected chi connectivity index (χ3v) is 11.7. The molecule has 0 aromatic rings. The van der Waals surface area contributed by atoms with Crippen molar-refractivity contribution in [3.8, 4) is 0 Å². The Morgan fingerprint density at radius 3 is 1.16 bits per heavy atom. The predicted molar refractivity (Wildman–Crippen MR) is 291 cm³/mol. The van der Waals surface area contributed by atoms with Crippen molar-refractivity contribution < 1.29 is 72.7 Å². The molecule has 3 saturated heterocycles. The normalized spacial score (nSPS) is 20.5. The van der Waals surface area contributed by atoms with Gasteiger partial charge in [-0.2, -0.15) is 0 Å². The molecule has 3 amide bonds. The Balaban J connectivity index is -0.000000500. The second kappa shape index (κ2) is 48.8. The number of ether oxygens (including phenoxy) is 2. The largest absolute Gasteiger partial charge is 0.481 e. The average Bonchev–Trinajstić information content (AvgIpc) is 4.14. The molecule has 6 atom stereocenters. The van der Waals surface area contributed by atoms with Gasteiger partial charge in [-0.25, -0.2) is 0 Å². The van der Waals surface area contributed by atoms with Gasteiger partial charge in [-0.15, -0.1) is 0 Å². The summed E-state index contributed by atoms with van der Waals surface area (Å²) in [7, 11) is 16.1. The van der Waals surface area contributed by atoms with Gasteiger partial charge in [0, 0.05) is 95.1 Å². The van der Waals surface area contributed by atoms with Gasteiger partial charge in [0.2, 0.25) is 22.0 Å². The zero-order valence-electron chi connectivity index (χ0n) is 53.9. The summed E-state index contributed by atoms with van der Waals surface area (Å²) in [6.45, 7) is 10.3. The smallest absolute Gasteiger partial charge is 0.306 e. The van der Waals surface area contributed by atoms with Crippen LogP contribution in [0.2, 0.25) is 0 Å². The van der Waals surface area contributed by atoms with Crippen LogP contribution in [-0.2, 0) is 43.0 Å².